The number of hydrogen-bond acceptors (Lipinski definition) is 5. The lowest BCUT2D eigenvalue weighted by molar-refractivity contribution is -0.136. The number of hydrogen-bond donors (Lipinski definition) is 2. The fourth-order valence-electron chi connectivity index (χ4n) is 4.64. The molecular weight excluding hydrogens is 457 g/mol. The first-order chi connectivity index (χ1) is 16.3. The molecule has 34 heavy (non-hydrogen) atoms. The molecule has 0 unspecified atom stereocenters. The number of aryl methyl sites for hydroxylation is 1. The van der Waals surface area contributed by atoms with Gasteiger partial charge in [-0.1, -0.05) is 23.7 Å². The summed E-state index contributed by atoms with van der Waals surface area (Å²) < 4.78 is 13.4. The van der Waals surface area contributed by atoms with Gasteiger partial charge in [-0.3, -0.25) is 14.5 Å². The van der Waals surface area contributed by atoms with Crippen molar-refractivity contribution in [1.82, 2.24) is 15.1 Å². The summed E-state index contributed by atoms with van der Waals surface area (Å²) in [5.41, 5.74) is 3.99. The van der Waals surface area contributed by atoms with E-state index < -0.39 is 17.6 Å². The second kappa shape index (κ2) is 10.7. The molecular formula is C25H31ClFN5O2. The van der Waals surface area contributed by atoms with Crippen LogP contribution in [0.3, 0.4) is 0 Å². The summed E-state index contributed by atoms with van der Waals surface area (Å²) in [5.74, 6) is -2.14. The maximum absolute atomic E-state index is 13.4. The number of halogens is 2. The highest BCUT2D eigenvalue weighted by Gasteiger charge is 2.27. The zero-order valence-electron chi connectivity index (χ0n) is 19.6. The highest BCUT2D eigenvalue weighted by Crippen LogP contribution is 2.31. The summed E-state index contributed by atoms with van der Waals surface area (Å²) in [6.45, 7) is 5.03. The minimum absolute atomic E-state index is 0.0387. The van der Waals surface area contributed by atoms with Gasteiger partial charge in [-0.2, -0.15) is 0 Å². The van der Waals surface area contributed by atoms with Gasteiger partial charge in [-0.15, -0.1) is 0 Å². The number of likely N-dealkylation sites (N-methyl/N-ethyl adjacent to an activating group) is 1. The number of nitrogens with one attached hydrogen (secondary N) is 2. The van der Waals surface area contributed by atoms with Crippen molar-refractivity contribution in [2.45, 2.75) is 18.9 Å². The first-order valence-electron chi connectivity index (χ1n) is 11.6. The molecule has 182 valence electrons. The number of anilines is 2. The van der Waals surface area contributed by atoms with Crippen LogP contribution in [0, 0.1) is 5.82 Å². The van der Waals surface area contributed by atoms with E-state index in [1.165, 1.54) is 23.4 Å². The van der Waals surface area contributed by atoms with Gasteiger partial charge in [-0.05, 0) is 55.3 Å². The average Bonchev–Trinajstić information content (AvgIpc) is 2.82. The van der Waals surface area contributed by atoms with Crippen LogP contribution in [0.15, 0.2) is 36.4 Å². The van der Waals surface area contributed by atoms with Crippen LogP contribution in [-0.4, -0.2) is 75.0 Å². The van der Waals surface area contributed by atoms with Crippen molar-refractivity contribution in [3.8, 4) is 0 Å². The summed E-state index contributed by atoms with van der Waals surface area (Å²) in [7, 11) is 4.22. The topological polar surface area (TPSA) is 67.9 Å². The van der Waals surface area contributed by atoms with Crippen LogP contribution in [-0.2, 0) is 16.0 Å². The van der Waals surface area contributed by atoms with Gasteiger partial charge in [0, 0.05) is 57.7 Å². The molecule has 0 aliphatic carbocycles. The Balaban J connectivity index is 1.47. The number of carbonyl (C=O) groups excluding carboxylic acids is 2. The Bertz CT molecular complexity index is 1060. The van der Waals surface area contributed by atoms with Gasteiger partial charge in [0.25, 0.3) is 0 Å². The monoisotopic (exact) mass is 487 g/mol. The van der Waals surface area contributed by atoms with E-state index in [0.29, 0.717) is 6.54 Å². The van der Waals surface area contributed by atoms with E-state index in [1.807, 2.05) is 0 Å². The Morgan fingerprint density at radius 1 is 1.03 bits per heavy atom. The third-order valence-corrected chi connectivity index (χ3v) is 6.95. The number of amides is 2. The van der Waals surface area contributed by atoms with Gasteiger partial charge in [0.15, 0.2) is 0 Å². The summed E-state index contributed by atoms with van der Waals surface area (Å²) in [6.07, 6.45) is 2.16. The maximum atomic E-state index is 13.4. The lowest BCUT2D eigenvalue weighted by atomic mass is 9.95. The van der Waals surface area contributed by atoms with Gasteiger partial charge >= 0.3 is 11.8 Å². The number of fused-ring (bicyclic) bond motifs is 1. The SMILES string of the molecule is CN1CCN([C@@H](CNC(=O)C(=O)Nc2ccc(F)c(Cl)c2)c2ccc3c(c2)CCCN3C)CC1. The molecule has 1 saturated heterocycles. The number of piperazine rings is 1. The Kier molecular flexibility index (Phi) is 7.70. The van der Waals surface area contributed by atoms with Crippen LogP contribution in [0.5, 0.6) is 0 Å². The lowest BCUT2D eigenvalue weighted by Crippen LogP contribution is -2.49. The van der Waals surface area contributed by atoms with Crippen LogP contribution in [0.4, 0.5) is 15.8 Å². The van der Waals surface area contributed by atoms with E-state index in [4.69, 9.17) is 11.6 Å². The molecule has 4 rings (SSSR count). The molecule has 2 aromatic carbocycles. The van der Waals surface area contributed by atoms with Gasteiger partial charge in [0.1, 0.15) is 5.82 Å². The van der Waals surface area contributed by atoms with Crippen LogP contribution < -0.4 is 15.5 Å². The summed E-state index contributed by atoms with van der Waals surface area (Å²) in [6, 6.07) is 10.3. The van der Waals surface area contributed by atoms with Gasteiger partial charge in [0.05, 0.1) is 11.1 Å². The highest BCUT2D eigenvalue weighted by molar-refractivity contribution is 6.39. The number of rotatable bonds is 5. The maximum Gasteiger partial charge on any atom is 0.313 e. The summed E-state index contributed by atoms with van der Waals surface area (Å²) in [4.78, 5) is 31.9. The predicted octanol–water partition coefficient (Wildman–Crippen LogP) is 2.90. The molecule has 0 bridgehead atoms. The van der Waals surface area contributed by atoms with Crippen molar-refractivity contribution < 1.29 is 14.0 Å². The van der Waals surface area contributed by atoms with Crippen molar-refractivity contribution in [2.75, 3.05) is 63.6 Å². The van der Waals surface area contributed by atoms with Gasteiger partial charge < -0.3 is 20.4 Å². The fourth-order valence-corrected chi connectivity index (χ4v) is 4.82. The summed E-state index contributed by atoms with van der Waals surface area (Å²) >= 11 is 5.76. The molecule has 2 aliphatic rings. The molecule has 0 saturated carbocycles. The zero-order chi connectivity index (χ0) is 24.2. The van der Waals surface area contributed by atoms with Crippen molar-refractivity contribution in [3.63, 3.8) is 0 Å². The Hall–Kier alpha value is -2.68. The second-order valence-corrected chi connectivity index (χ2v) is 9.47. The smallest absolute Gasteiger partial charge is 0.313 e. The lowest BCUT2D eigenvalue weighted by Gasteiger charge is -2.39. The minimum Gasteiger partial charge on any atom is -0.374 e. The van der Waals surface area contributed by atoms with E-state index in [9.17, 15) is 14.0 Å². The van der Waals surface area contributed by atoms with E-state index >= 15 is 0 Å². The molecule has 9 heteroatoms. The quantitative estimate of drug-likeness (QED) is 0.635. The van der Waals surface area contributed by atoms with E-state index in [1.54, 1.807) is 0 Å². The Morgan fingerprint density at radius 2 is 1.79 bits per heavy atom. The van der Waals surface area contributed by atoms with Crippen LogP contribution >= 0.6 is 11.6 Å². The van der Waals surface area contributed by atoms with Crippen LogP contribution in [0.1, 0.15) is 23.6 Å². The number of benzene rings is 2. The molecule has 0 spiro atoms. The molecule has 2 aliphatic heterocycles. The summed E-state index contributed by atoms with van der Waals surface area (Å²) in [5, 5.41) is 5.16. The second-order valence-electron chi connectivity index (χ2n) is 9.06. The Morgan fingerprint density at radius 3 is 2.53 bits per heavy atom. The van der Waals surface area contributed by atoms with E-state index in [0.717, 1.165) is 57.2 Å². The van der Waals surface area contributed by atoms with E-state index in [-0.39, 0.29) is 16.8 Å². The van der Waals surface area contributed by atoms with Crippen molar-refractivity contribution in [2.24, 2.45) is 0 Å². The van der Waals surface area contributed by atoms with Crippen LogP contribution in [0.2, 0.25) is 5.02 Å². The number of carbonyl (C=O) groups is 2. The van der Waals surface area contributed by atoms with Gasteiger partial charge in [-0.25, -0.2) is 4.39 Å². The van der Waals surface area contributed by atoms with Crippen molar-refractivity contribution in [3.05, 3.63) is 58.4 Å². The normalized spacial score (nSPS) is 17.7. The first-order valence-corrected chi connectivity index (χ1v) is 12.0. The molecule has 2 aromatic rings. The molecule has 2 N–H and O–H groups in total. The standard InChI is InChI=1S/C25H31ClFN5O2/c1-30-10-12-32(13-11-30)23(18-5-8-22-17(14-18)4-3-9-31(22)2)16-28-24(33)25(34)29-19-6-7-21(27)20(26)15-19/h5-8,14-15,23H,3-4,9-13,16H2,1-2H3,(H,28,33)(H,29,34)/t23-/m0/s1. The van der Waals surface area contributed by atoms with Crippen LogP contribution in [0.25, 0.3) is 0 Å². The highest BCUT2D eigenvalue weighted by atomic mass is 35.5. The van der Waals surface area contributed by atoms with Crippen molar-refractivity contribution >= 4 is 34.8 Å². The molecule has 1 fully saturated rings. The minimum atomic E-state index is -0.813. The molecule has 2 heterocycles. The van der Waals surface area contributed by atoms with Gasteiger partial charge in [0.2, 0.25) is 0 Å². The molecule has 2 amide bonds. The van der Waals surface area contributed by atoms with Crippen molar-refractivity contribution in [1.29, 1.82) is 0 Å². The molecule has 0 aromatic heterocycles. The largest absolute Gasteiger partial charge is 0.374 e. The molecule has 1 atom stereocenters. The average molecular weight is 488 g/mol. The zero-order valence-corrected chi connectivity index (χ0v) is 20.4. The Labute approximate surface area is 204 Å². The number of nitrogens with zero attached hydrogens (tertiary/aromatic N) is 3. The first kappa shape index (κ1) is 24.4. The molecule has 0 radical (unpaired) electrons. The third kappa shape index (κ3) is 5.68. The van der Waals surface area contributed by atoms with E-state index in [2.05, 4.69) is 57.6 Å². The predicted molar refractivity (Wildman–Crippen MR) is 133 cm³/mol. The molecule has 7 nitrogen and oxygen atoms in total. The third-order valence-electron chi connectivity index (χ3n) is 6.66. The fraction of sp³-hybridized carbons (Fsp3) is 0.440.